The van der Waals surface area contributed by atoms with Crippen LogP contribution in [-0.2, 0) is 6.42 Å². The maximum absolute atomic E-state index is 4.68. The zero-order valence-corrected chi connectivity index (χ0v) is 11.0. The summed E-state index contributed by atoms with van der Waals surface area (Å²) in [6.07, 6.45) is 4.57. The van der Waals surface area contributed by atoms with Crippen molar-refractivity contribution in [1.82, 2.24) is 9.97 Å². The molecule has 17 heavy (non-hydrogen) atoms. The normalized spacial score (nSPS) is 19.7. The van der Waals surface area contributed by atoms with E-state index >= 15 is 0 Å². The second kappa shape index (κ2) is 5.34. The summed E-state index contributed by atoms with van der Waals surface area (Å²) >= 11 is 0. The Morgan fingerprint density at radius 2 is 2.29 bits per heavy atom. The van der Waals surface area contributed by atoms with Crippen LogP contribution in [0.15, 0.2) is 6.07 Å². The molecule has 1 aliphatic rings. The van der Waals surface area contributed by atoms with Crippen LogP contribution < -0.4 is 10.2 Å². The van der Waals surface area contributed by atoms with Crippen molar-refractivity contribution in [3.63, 3.8) is 0 Å². The fourth-order valence-electron chi connectivity index (χ4n) is 2.37. The predicted molar refractivity (Wildman–Crippen MR) is 71.6 cm³/mol. The highest BCUT2D eigenvalue weighted by molar-refractivity contribution is 5.50. The molecule has 1 saturated heterocycles. The topological polar surface area (TPSA) is 41.1 Å². The summed E-state index contributed by atoms with van der Waals surface area (Å²) in [6.45, 7) is 5.55. The SMILES string of the molecule is CCCc1nc(NC)cc(N2CCCC2C)n1. The van der Waals surface area contributed by atoms with Gasteiger partial charge in [-0.05, 0) is 26.2 Å². The number of aryl methyl sites for hydroxylation is 1. The molecule has 1 aliphatic heterocycles. The first-order chi connectivity index (χ1) is 8.24. The van der Waals surface area contributed by atoms with Gasteiger partial charge in [-0.25, -0.2) is 9.97 Å². The minimum Gasteiger partial charge on any atom is -0.373 e. The van der Waals surface area contributed by atoms with E-state index in [-0.39, 0.29) is 0 Å². The number of nitrogens with zero attached hydrogens (tertiary/aromatic N) is 3. The average Bonchev–Trinajstić information content (AvgIpc) is 2.75. The van der Waals surface area contributed by atoms with Gasteiger partial charge in [-0.2, -0.15) is 0 Å². The standard InChI is InChI=1S/C13H22N4/c1-4-6-11-15-12(14-3)9-13(16-11)17-8-5-7-10(17)2/h9-10H,4-8H2,1-3H3,(H,14,15,16). The van der Waals surface area contributed by atoms with Crippen LogP contribution in [0.25, 0.3) is 0 Å². The van der Waals surface area contributed by atoms with Gasteiger partial charge in [0.2, 0.25) is 0 Å². The zero-order chi connectivity index (χ0) is 12.3. The molecule has 1 unspecified atom stereocenters. The first kappa shape index (κ1) is 12.1. The van der Waals surface area contributed by atoms with Crippen LogP contribution in [-0.4, -0.2) is 29.6 Å². The molecule has 1 atom stereocenters. The van der Waals surface area contributed by atoms with E-state index in [2.05, 4.69) is 40.1 Å². The lowest BCUT2D eigenvalue weighted by molar-refractivity contribution is 0.719. The lowest BCUT2D eigenvalue weighted by atomic mass is 10.2. The van der Waals surface area contributed by atoms with Crippen molar-refractivity contribution in [3.8, 4) is 0 Å². The molecule has 1 aromatic heterocycles. The van der Waals surface area contributed by atoms with E-state index in [1.807, 2.05) is 7.05 Å². The number of anilines is 2. The van der Waals surface area contributed by atoms with Crippen LogP contribution in [0.3, 0.4) is 0 Å². The van der Waals surface area contributed by atoms with Crippen molar-refractivity contribution < 1.29 is 0 Å². The Bertz CT molecular complexity index is 378. The minimum atomic E-state index is 0.601. The van der Waals surface area contributed by atoms with Crippen molar-refractivity contribution in [1.29, 1.82) is 0 Å². The fraction of sp³-hybridized carbons (Fsp3) is 0.692. The first-order valence-corrected chi connectivity index (χ1v) is 6.57. The van der Waals surface area contributed by atoms with Gasteiger partial charge in [0, 0.05) is 32.1 Å². The molecule has 0 aromatic carbocycles. The second-order valence-electron chi connectivity index (χ2n) is 4.71. The highest BCUT2D eigenvalue weighted by Crippen LogP contribution is 2.25. The van der Waals surface area contributed by atoms with Crippen LogP contribution in [0.2, 0.25) is 0 Å². The predicted octanol–water partition coefficient (Wildman–Crippen LogP) is 2.46. The third-order valence-corrected chi connectivity index (χ3v) is 3.34. The second-order valence-corrected chi connectivity index (χ2v) is 4.71. The summed E-state index contributed by atoms with van der Waals surface area (Å²) in [5.74, 6) is 2.96. The van der Waals surface area contributed by atoms with Crippen LogP contribution >= 0.6 is 0 Å². The molecule has 1 fully saturated rings. The van der Waals surface area contributed by atoms with Crippen molar-refractivity contribution in [2.45, 2.75) is 45.6 Å². The molecule has 0 saturated carbocycles. The average molecular weight is 234 g/mol. The van der Waals surface area contributed by atoms with Crippen molar-refractivity contribution in [2.24, 2.45) is 0 Å². The Morgan fingerprint density at radius 1 is 1.47 bits per heavy atom. The summed E-state index contributed by atoms with van der Waals surface area (Å²) in [5.41, 5.74) is 0. The van der Waals surface area contributed by atoms with E-state index in [0.717, 1.165) is 36.8 Å². The summed E-state index contributed by atoms with van der Waals surface area (Å²) in [6, 6.07) is 2.66. The smallest absolute Gasteiger partial charge is 0.134 e. The molecule has 2 heterocycles. The van der Waals surface area contributed by atoms with Gasteiger partial charge in [-0.15, -0.1) is 0 Å². The molecule has 0 spiro atoms. The number of hydrogen-bond acceptors (Lipinski definition) is 4. The Kier molecular flexibility index (Phi) is 3.82. The largest absolute Gasteiger partial charge is 0.373 e. The molecule has 0 radical (unpaired) electrons. The summed E-state index contributed by atoms with van der Waals surface area (Å²) in [4.78, 5) is 11.6. The molecular weight excluding hydrogens is 212 g/mol. The van der Waals surface area contributed by atoms with Gasteiger partial charge in [-0.1, -0.05) is 6.92 Å². The van der Waals surface area contributed by atoms with Gasteiger partial charge in [0.15, 0.2) is 0 Å². The number of nitrogens with one attached hydrogen (secondary N) is 1. The van der Waals surface area contributed by atoms with Gasteiger partial charge in [0.1, 0.15) is 17.5 Å². The minimum absolute atomic E-state index is 0.601. The van der Waals surface area contributed by atoms with E-state index < -0.39 is 0 Å². The quantitative estimate of drug-likeness (QED) is 0.869. The van der Waals surface area contributed by atoms with E-state index in [9.17, 15) is 0 Å². The molecule has 1 aromatic rings. The Labute approximate surface area is 103 Å². The van der Waals surface area contributed by atoms with E-state index in [0.29, 0.717) is 6.04 Å². The molecule has 2 rings (SSSR count). The van der Waals surface area contributed by atoms with Gasteiger partial charge >= 0.3 is 0 Å². The van der Waals surface area contributed by atoms with Crippen LogP contribution in [0.1, 0.15) is 38.9 Å². The molecular formula is C13H22N4. The summed E-state index contributed by atoms with van der Waals surface area (Å²) in [7, 11) is 1.91. The van der Waals surface area contributed by atoms with Crippen LogP contribution in [0.5, 0.6) is 0 Å². The summed E-state index contributed by atoms with van der Waals surface area (Å²) in [5, 5.41) is 3.13. The molecule has 94 valence electrons. The van der Waals surface area contributed by atoms with E-state index in [4.69, 9.17) is 0 Å². The van der Waals surface area contributed by atoms with Crippen LogP contribution in [0.4, 0.5) is 11.6 Å². The Hall–Kier alpha value is -1.32. The third kappa shape index (κ3) is 2.68. The number of rotatable bonds is 4. The van der Waals surface area contributed by atoms with Crippen molar-refractivity contribution >= 4 is 11.6 Å². The van der Waals surface area contributed by atoms with Crippen LogP contribution in [0, 0.1) is 0 Å². The number of hydrogen-bond donors (Lipinski definition) is 1. The lowest BCUT2D eigenvalue weighted by Crippen LogP contribution is -2.27. The van der Waals surface area contributed by atoms with Crippen molar-refractivity contribution in [3.05, 3.63) is 11.9 Å². The van der Waals surface area contributed by atoms with Crippen molar-refractivity contribution in [2.75, 3.05) is 23.8 Å². The molecule has 0 bridgehead atoms. The van der Waals surface area contributed by atoms with Gasteiger partial charge in [0.25, 0.3) is 0 Å². The third-order valence-electron chi connectivity index (χ3n) is 3.34. The van der Waals surface area contributed by atoms with E-state index in [1.54, 1.807) is 0 Å². The zero-order valence-electron chi connectivity index (χ0n) is 11.0. The Morgan fingerprint density at radius 3 is 2.88 bits per heavy atom. The fourth-order valence-corrected chi connectivity index (χ4v) is 2.37. The van der Waals surface area contributed by atoms with E-state index in [1.165, 1.54) is 12.8 Å². The maximum Gasteiger partial charge on any atom is 0.134 e. The summed E-state index contributed by atoms with van der Waals surface area (Å²) < 4.78 is 0. The molecule has 1 N–H and O–H groups in total. The monoisotopic (exact) mass is 234 g/mol. The maximum atomic E-state index is 4.68. The molecule has 4 nitrogen and oxygen atoms in total. The highest BCUT2D eigenvalue weighted by Gasteiger charge is 2.22. The molecule has 0 amide bonds. The van der Waals surface area contributed by atoms with Gasteiger partial charge in [0.05, 0.1) is 0 Å². The Balaban J connectivity index is 2.28. The number of aromatic nitrogens is 2. The lowest BCUT2D eigenvalue weighted by Gasteiger charge is -2.23. The highest BCUT2D eigenvalue weighted by atomic mass is 15.2. The van der Waals surface area contributed by atoms with Gasteiger partial charge in [-0.3, -0.25) is 0 Å². The van der Waals surface area contributed by atoms with Gasteiger partial charge < -0.3 is 10.2 Å². The molecule has 4 heteroatoms. The first-order valence-electron chi connectivity index (χ1n) is 6.57. The molecule has 0 aliphatic carbocycles.